The molecule has 0 spiro atoms. The van der Waals surface area contributed by atoms with Crippen molar-refractivity contribution in [3.63, 3.8) is 0 Å². The first kappa shape index (κ1) is 16.2. The molecule has 7 heteroatoms. The molecule has 0 fully saturated rings. The SMILES string of the molecule is S=C(Nc1ccc(Br)cc1Cl)Nc1ccc(Br)cc1Br. The van der Waals surface area contributed by atoms with Gasteiger partial charge in [0, 0.05) is 13.4 Å². The Hall–Kier alpha value is -0.140. The number of nitrogens with one attached hydrogen (secondary N) is 2. The Morgan fingerprint density at radius 2 is 1.45 bits per heavy atom. The Balaban J connectivity index is 2.09. The van der Waals surface area contributed by atoms with Crippen molar-refractivity contribution < 1.29 is 0 Å². The average molecular weight is 499 g/mol. The Kier molecular flexibility index (Phi) is 5.86. The summed E-state index contributed by atoms with van der Waals surface area (Å²) in [5, 5.41) is 7.24. The van der Waals surface area contributed by atoms with Crippen molar-refractivity contribution in [1.29, 1.82) is 0 Å². The second-order valence-corrected chi connectivity index (χ2v) is 7.33. The van der Waals surface area contributed by atoms with Gasteiger partial charge in [-0.3, -0.25) is 0 Å². The molecule has 0 saturated heterocycles. The van der Waals surface area contributed by atoms with Crippen molar-refractivity contribution in [2.45, 2.75) is 0 Å². The summed E-state index contributed by atoms with van der Waals surface area (Å²) in [4.78, 5) is 0. The zero-order valence-electron chi connectivity index (χ0n) is 9.88. The molecule has 0 amide bonds. The van der Waals surface area contributed by atoms with E-state index in [1.165, 1.54) is 0 Å². The van der Waals surface area contributed by atoms with Crippen molar-refractivity contribution in [2.75, 3.05) is 10.6 Å². The second-order valence-electron chi connectivity index (χ2n) is 3.83. The molecule has 0 radical (unpaired) electrons. The van der Waals surface area contributed by atoms with E-state index in [4.69, 9.17) is 23.8 Å². The molecule has 20 heavy (non-hydrogen) atoms. The maximum absolute atomic E-state index is 6.13. The van der Waals surface area contributed by atoms with Crippen LogP contribution < -0.4 is 10.6 Å². The number of halogens is 4. The Morgan fingerprint density at radius 3 is 2.05 bits per heavy atom. The first-order valence-corrected chi connectivity index (χ1v) is 8.60. The minimum Gasteiger partial charge on any atom is -0.332 e. The maximum Gasteiger partial charge on any atom is 0.175 e. The summed E-state index contributed by atoms with van der Waals surface area (Å²) in [6.45, 7) is 0. The van der Waals surface area contributed by atoms with E-state index < -0.39 is 0 Å². The van der Waals surface area contributed by atoms with Crippen LogP contribution in [0.1, 0.15) is 0 Å². The maximum atomic E-state index is 6.13. The van der Waals surface area contributed by atoms with Crippen molar-refractivity contribution in [2.24, 2.45) is 0 Å². The first-order valence-electron chi connectivity index (χ1n) is 5.44. The highest BCUT2D eigenvalue weighted by molar-refractivity contribution is 9.11. The molecule has 2 nitrogen and oxygen atoms in total. The van der Waals surface area contributed by atoms with Crippen LogP contribution in [0.25, 0.3) is 0 Å². The van der Waals surface area contributed by atoms with Crippen molar-refractivity contribution >= 4 is 88.1 Å². The number of benzene rings is 2. The molecule has 0 aromatic heterocycles. The molecule has 0 aliphatic carbocycles. The van der Waals surface area contributed by atoms with Crippen LogP contribution >= 0.6 is 71.6 Å². The average Bonchev–Trinajstić information content (AvgIpc) is 2.36. The standard InChI is InChI=1S/C13H8Br3ClN2S/c14-7-1-3-11(9(16)5-7)18-13(20)19-12-4-2-8(15)6-10(12)17/h1-6H,(H2,18,19,20). The van der Waals surface area contributed by atoms with Crippen LogP contribution in [-0.2, 0) is 0 Å². The molecule has 0 aliphatic rings. The van der Waals surface area contributed by atoms with Gasteiger partial charge < -0.3 is 10.6 Å². The Morgan fingerprint density at radius 1 is 0.900 bits per heavy atom. The molecule has 0 bridgehead atoms. The lowest BCUT2D eigenvalue weighted by atomic mass is 10.3. The van der Waals surface area contributed by atoms with Gasteiger partial charge in [0.1, 0.15) is 0 Å². The largest absolute Gasteiger partial charge is 0.332 e. The number of thiocarbonyl (C=S) groups is 1. The lowest BCUT2D eigenvalue weighted by molar-refractivity contribution is 1.54. The van der Waals surface area contributed by atoms with Gasteiger partial charge in [-0.15, -0.1) is 0 Å². The highest BCUT2D eigenvalue weighted by Crippen LogP contribution is 2.28. The van der Waals surface area contributed by atoms with Crippen LogP contribution in [0.3, 0.4) is 0 Å². The normalized spacial score (nSPS) is 10.2. The monoisotopic (exact) mass is 496 g/mol. The fraction of sp³-hybridized carbons (Fsp3) is 0. The van der Waals surface area contributed by atoms with Crippen LogP contribution in [0.2, 0.25) is 5.02 Å². The predicted molar refractivity (Wildman–Crippen MR) is 101 cm³/mol. The van der Waals surface area contributed by atoms with Crippen LogP contribution in [0.4, 0.5) is 11.4 Å². The van der Waals surface area contributed by atoms with Gasteiger partial charge in [-0.25, -0.2) is 0 Å². The first-order chi connectivity index (χ1) is 9.45. The summed E-state index contributed by atoms with van der Waals surface area (Å²) in [5.74, 6) is 0. The number of hydrogen-bond donors (Lipinski definition) is 2. The minimum atomic E-state index is 0.470. The number of anilines is 2. The van der Waals surface area contributed by atoms with E-state index in [1.54, 1.807) is 0 Å². The van der Waals surface area contributed by atoms with E-state index in [0.29, 0.717) is 10.1 Å². The van der Waals surface area contributed by atoms with E-state index >= 15 is 0 Å². The molecule has 104 valence electrons. The topological polar surface area (TPSA) is 24.1 Å². The summed E-state index contributed by atoms with van der Waals surface area (Å²) in [7, 11) is 0. The molecular formula is C13H8Br3ClN2S. The Bertz CT molecular complexity index is 609. The number of rotatable bonds is 2. The third-order valence-corrected chi connectivity index (χ3v) is 4.52. The minimum absolute atomic E-state index is 0.470. The molecule has 0 atom stereocenters. The lowest BCUT2D eigenvalue weighted by Crippen LogP contribution is -2.19. The van der Waals surface area contributed by atoms with Gasteiger partial charge in [-0.05, 0) is 64.5 Å². The third kappa shape index (κ3) is 4.43. The molecule has 0 unspecified atom stereocenters. The summed E-state index contributed by atoms with van der Waals surface area (Å²) in [6.07, 6.45) is 0. The van der Waals surface area contributed by atoms with E-state index in [-0.39, 0.29) is 0 Å². The van der Waals surface area contributed by atoms with Crippen LogP contribution in [0, 0.1) is 0 Å². The zero-order chi connectivity index (χ0) is 14.7. The summed E-state index contributed by atoms with van der Waals surface area (Å²) >= 11 is 21.6. The third-order valence-electron chi connectivity index (χ3n) is 2.36. The van der Waals surface area contributed by atoms with Gasteiger partial charge in [-0.2, -0.15) is 0 Å². The van der Waals surface area contributed by atoms with Crippen LogP contribution in [0.15, 0.2) is 49.8 Å². The lowest BCUT2D eigenvalue weighted by Gasteiger charge is -2.13. The van der Waals surface area contributed by atoms with Crippen LogP contribution in [0.5, 0.6) is 0 Å². The smallest absolute Gasteiger partial charge is 0.175 e. The van der Waals surface area contributed by atoms with Crippen molar-refractivity contribution in [3.8, 4) is 0 Å². The highest BCUT2D eigenvalue weighted by atomic mass is 79.9. The van der Waals surface area contributed by atoms with Crippen molar-refractivity contribution in [1.82, 2.24) is 0 Å². The predicted octanol–water partition coefficient (Wildman–Crippen LogP) is 6.44. The van der Waals surface area contributed by atoms with Gasteiger partial charge in [0.25, 0.3) is 0 Å². The summed E-state index contributed by atoms with van der Waals surface area (Å²) in [5.41, 5.74) is 1.62. The molecule has 2 rings (SSSR count). The molecule has 0 heterocycles. The molecule has 2 N–H and O–H groups in total. The molecule has 0 aliphatic heterocycles. The summed E-state index contributed by atoms with van der Waals surface area (Å²) < 4.78 is 2.82. The van der Waals surface area contributed by atoms with Gasteiger partial charge in [0.15, 0.2) is 5.11 Å². The quantitative estimate of drug-likeness (QED) is 0.466. The van der Waals surface area contributed by atoms with Gasteiger partial charge in [0.2, 0.25) is 0 Å². The highest BCUT2D eigenvalue weighted by Gasteiger charge is 2.06. The van der Waals surface area contributed by atoms with Crippen LogP contribution in [-0.4, -0.2) is 5.11 Å². The zero-order valence-corrected chi connectivity index (χ0v) is 16.2. The van der Waals surface area contributed by atoms with E-state index in [0.717, 1.165) is 24.8 Å². The van der Waals surface area contributed by atoms with Gasteiger partial charge >= 0.3 is 0 Å². The molecule has 2 aromatic rings. The molecule has 0 saturated carbocycles. The van der Waals surface area contributed by atoms with E-state index in [9.17, 15) is 0 Å². The van der Waals surface area contributed by atoms with Crippen molar-refractivity contribution in [3.05, 3.63) is 54.8 Å². The summed E-state index contributed by atoms with van der Waals surface area (Å²) in [6, 6.07) is 11.4. The number of hydrogen-bond acceptors (Lipinski definition) is 1. The van der Waals surface area contributed by atoms with Gasteiger partial charge in [0.05, 0.1) is 16.4 Å². The van der Waals surface area contributed by atoms with E-state index in [2.05, 4.69) is 58.4 Å². The fourth-order valence-electron chi connectivity index (χ4n) is 1.46. The fourth-order valence-corrected chi connectivity index (χ4v) is 3.54. The molecule has 2 aromatic carbocycles. The van der Waals surface area contributed by atoms with E-state index in [1.807, 2.05) is 36.4 Å². The Labute approximate surface area is 152 Å². The van der Waals surface area contributed by atoms with Gasteiger partial charge in [-0.1, -0.05) is 43.5 Å². The molecular weight excluding hydrogens is 491 g/mol. The second kappa shape index (κ2) is 7.22.